The van der Waals surface area contributed by atoms with Gasteiger partial charge in [-0.1, -0.05) is 0 Å². The molecule has 22 heavy (non-hydrogen) atoms. The Morgan fingerprint density at radius 1 is 1.41 bits per heavy atom. The van der Waals surface area contributed by atoms with Crippen LogP contribution >= 0.6 is 0 Å². The second-order valence-corrected chi connectivity index (χ2v) is 7.70. The van der Waals surface area contributed by atoms with Crippen molar-refractivity contribution in [1.29, 1.82) is 0 Å². The van der Waals surface area contributed by atoms with Crippen molar-refractivity contribution >= 4 is 11.4 Å². The Bertz CT molecular complexity index is 484. The number of hydrogen-bond donors (Lipinski definition) is 1. The van der Waals surface area contributed by atoms with Crippen LogP contribution in [0.3, 0.4) is 0 Å². The van der Waals surface area contributed by atoms with Crippen molar-refractivity contribution in [2.45, 2.75) is 44.9 Å². The number of aromatic nitrogens is 1. The van der Waals surface area contributed by atoms with Crippen molar-refractivity contribution in [3.8, 4) is 11.6 Å². The smallest absolute Gasteiger partial charge is 0.272 e. The van der Waals surface area contributed by atoms with Gasteiger partial charge in [0.15, 0.2) is 12.4 Å². The van der Waals surface area contributed by atoms with Gasteiger partial charge in [-0.3, -0.25) is 0 Å². The molecule has 0 aromatic carbocycles. The summed E-state index contributed by atoms with van der Waals surface area (Å²) in [4.78, 5) is 3.99. The first kappa shape index (κ1) is 18.9. The Hall–Kier alpha value is -1.12. The second-order valence-electron chi connectivity index (χ2n) is 5.70. The molecule has 126 valence electrons. The Balaban J connectivity index is 2.83. The molecule has 0 aliphatic rings. The van der Waals surface area contributed by atoms with E-state index in [1.54, 1.807) is 6.07 Å². The molecule has 0 bridgehead atoms. The predicted octanol–water partition coefficient (Wildman–Crippen LogP) is 2.85. The van der Waals surface area contributed by atoms with E-state index in [1.807, 2.05) is 27.7 Å². The Labute approximate surface area is 132 Å². The molecule has 0 aliphatic heterocycles. The first-order valence-electron chi connectivity index (χ1n) is 6.78. The minimum absolute atomic E-state index is 0.00990. The van der Waals surface area contributed by atoms with E-state index in [9.17, 15) is 13.3 Å². The van der Waals surface area contributed by atoms with Gasteiger partial charge in [0.2, 0.25) is 0 Å². The lowest BCUT2D eigenvalue weighted by atomic mass is 10.1. The van der Waals surface area contributed by atoms with Gasteiger partial charge < -0.3 is 14.0 Å². The molecule has 1 heterocycles. The van der Waals surface area contributed by atoms with Crippen LogP contribution in [0.2, 0.25) is 0 Å². The zero-order chi connectivity index (χ0) is 16.9. The molecular formula is C14H22F2N2O3S. The summed E-state index contributed by atoms with van der Waals surface area (Å²) < 4.78 is 49.0. The monoisotopic (exact) mass is 336 g/mol. The molecule has 0 spiro atoms. The van der Waals surface area contributed by atoms with Crippen LogP contribution in [0.15, 0.2) is 12.3 Å². The number of nitrogens with one attached hydrogen (secondary N) is 1. The number of halogens is 2. The lowest BCUT2D eigenvalue weighted by molar-refractivity contribution is 0.0779. The molecule has 1 N–H and O–H groups in total. The van der Waals surface area contributed by atoms with Gasteiger partial charge in [0.1, 0.15) is 4.75 Å². The fourth-order valence-electron chi connectivity index (χ4n) is 1.49. The van der Waals surface area contributed by atoms with Gasteiger partial charge in [0.05, 0.1) is 13.2 Å². The highest BCUT2D eigenvalue weighted by Gasteiger charge is 2.28. The number of pyridine rings is 1. The third kappa shape index (κ3) is 5.58. The fourth-order valence-corrected chi connectivity index (χ4v) is 2.30. The zero-order valence-electron chi connectivity index (χ0n) is 13.4. The molecule has 1 rings (SSSR count). The molecule has 0 saturated heterocycles. The summed E-state index contributed by atoms with van der Waals surface area (Å²) in [5, 5.41) is 0. The maximum Gasteiger partial charge on any atom is 0.272 e. The molecule has 1 aromatic rings. The molecular weight excluding hydrogens is 314 g/mol. The molecule has 0 radical (unpaired) electrons. The standard InChI is InChI=1S/C14H22F2N2O3S/c1-9(18-22(19)14(2,3)4)10-6-11(20-5)13(17-7-10)21-8-12(15)16/h6-7,9,12,18H,8H2,1-5H3/t9-,22?/m1/s1. The van der Waals surface area contributed by atoms with Crippen molar-refractivity contribution in [1.82, 2.24) is 9.71 Å². The molecule has 5 nitrogen and oxygen atoms in total. The summed E-state index contributed by atoms with van der Waals surface area (Å²) in [6.45, 7) is 6.68. The van der Waals surface area contributed by atoms with Gasteiger partial charge in [-0.2, -0.15) is 0 Å². The van der Waals surface area contributed by atoms with Crippen LogP contribution in [-0.4, -0.2) is 34.4 Å². The van der Waals surface area contributed by atoms with E-state index in [2.05, 4.69) is 9.71 Å². The molecule has 8 heteroatoms. The van der Waals surface area contributed by atoms with Crippen molar-refractivity contribution in [3.63, 3.8) is 0 Å². The maximum atomic E-state index is 12.2. The van der Waals surface area contributed by atoms with Crippen molar-refractivity contribution in [3.05, 3.63) is 17.8 Å². The first-order valence-corrected chi connectivity index (χ1v) is 7.93. The molecule has 0 fully saturated rings. The Morgan fingerprint density at radius 3 is 2.55 bits per heavy atom. The summed E-state index contributed by atoms with van der Waals surface area (Å²) in [5.41, 5.74) is 0.721. The van der Waals surface area contributed by atoms with E-state index < -0.39 is 29.1 Å². The number of nitrogens with zero attached hydrogens (tertiary/aromatic N) is 1. The highest BCUT2D eigenvalue weighted by atomic mass is 32.2. The highest BCUT2D eigenvalue weighted by Crippen LogP contribution is 2.28. The molecule has 1 unspecified atom stereocenters. The minimum Gasteiger partial charge on any atom is -0.598 e. The van der Waals surface area contributed by atoms with E-state index in [1.165, 1.54) is 13.3 Å². The first-order chi connectivity index (χ1) is 10.1. The van der Waals surface area contributed by atoms with E-state index >= 15 is 0 Å². The van der Waals surface area contributed by atoms with Crippen molar-refractivity contribution < 1.29 is 22.8 Å². The van der Waals surface area contributed by atoms with Crippen LogP contribution in [0.5, 0.6) is 11.6 Å². The van der Waals surface area contributed by atoms with Gasteiger partial charge in [-0.25, -0.2) is 13.8 Å². The number of alkyl halides is 2. The number of rotatable bonds is 7. The highest BCUT2D eigenvalue weighted by molar-refractivity contribution is 7.90. The zero-order valence-corrected chi connectivity index (χ0v) is 14.2. The molecule has 0 aliphatic carbocycles. The van der Waals surface area contributed by atoms with Gasteiger partial charge in [0.25, 0.3) is 12.3 Å². The van der Waals surface area contributed by atoms with Gasteiger partial charge in [0, 0.05) is 17.6 Å². The Kier molecular flexibility index (Phi) is 6.83. The largest absolute Gasteiger partial charge is 0.598 e. The molecule has 1 aromatic heterocycles. The van der Waals surface area contributed by atoms with Gasteiger partial charge in [-0.15, -0.1) is 4.72 Å². The lowest BCUT2D eigenvalue weighted by Gasteiger charge is -2.26. The molecule has 2 atom stereocenters. The Morgan fingerprint density at radius 2 is 2.05 bits per heavy atom. The quantitative estimate of drug-likeness (QED) is 0.776. The summed E-state index contributed by atoms with van der Waals surface area (Å²) in [5.74, 6) is 0.268. The molecule has 0 amide bonds. The minimum atomic E-state index is -2.58. The topological polar surface area (TPSA) is 66.4 Å². The van der Waals surface area contributed by atoms with Crippen LogP contribution in [0, 0.1) is 0 Å². The van der Waals surface area contributed by atoms with E-state index in [4.69, 9.17) is 9.47 Å². The molecule has 0 saturated carbocycles. The van der Waals surface area contributed by atoms with E-state index in [0.29, 0.717) is 0 Å². The van der Waals surface area contributed by atoms with Crippen LogP contribution < -0.4 is 14.2 Å². The van der Waals surface area contributed by atoms with Gasteiger partial charge >= 0.3 is 0 Å². The SMILES string of the molecule is COc1cc([C@@H](C)N[S+]([O-])C(C)(C)C)cnc1OCC(F)F. The van der Waals surface area contributed by atoms with Crippen LogP contribution in [0.1, 0.15) is 39.3 Å². The fraction of sp³-hybridized carbons (Fsp3) is 0.643. The number of hydrogen-bond acceptors (Lipinski definition) is 5. The number of methoxy groups -OCH3 is 1. The van der Waals surface area contributed by atoms with Crippen molar-refractivity contribution in [2.24, 2.45) is 0 Å². The third-order valence-electron chi connectivity index (χ3n) is 2.75. The van der Waals surface area contributed by atoms with Crippen molar-refractivity contribution in [2.75, 3.05) is 13.7 Å². The van der Waals surface area contributed by atoms with Crippen LogP contribution in [-0.2, 0) is 11.4 Å². The summed E-state index contributed by atoms with van der Waals surface area (Å²) in [6, 6.07) is 1.39. The second kappa shape index (κ2) is 7.94. The lowest BCUT2D eigenvalue weighted by Crippen LogP contribution is -2.40. The third-order valence-corrected chi connectivity index (χ3v) is 4.43. The normalized spacial score (nSPS) is 14.8. The summed E-state index contributed by atoms with van der Waals surface area (Å²) in [7, 11) is 1.40. The average molecular weight is 336 g/mol. The summed E-state index contributed by atoms with van der Waals surface area (Å²) in [6.07, 6.45) is -1.10. The maximum absolute atomic E-state index is 12.2. The van der Waals surface area contributed by atoms with E-state index in [-0.39, 0.29) is 17.7 Å². The number of ether oxygens (including phenoxy) is 2. The summed E-state index contributed by atoms with van der Waals surface area (Å²) >= 11 is -1.24. The van der Waals surface area contributed by atoms with Crippen LogP contribution in [0.4, 0.5) is 8.78 Å². The average Bonchev–Trinajstić information content (AvgIpc) is 2.43. The predicted molar refractivity (Wildman–Crippen MR) is 81.7 cm³/mol. The van der Waals surface area contributed by atoms with Gasteiger partial charge in [-0.05, 0) is 39.3 Å². The van der Waals surface area contributed by atoms with E-state index in [0.717, 1.165) is 5.56 Å². The van der Waals surface area contributed by atoms with Crippen LogP contribution in [0.25, 0.3) is 0 Å².